The third-order valence-electron chi connectivity index (χ3n) is 4.12. The molecule has 0 fully saturated rings. The Morgan fingerprint density at radius 3 is 2.46 bits per heavy atom. The van der Waals surface area contributed by atoms with Crippen LogP contribution in [0.15, 0.2) is 42.7 Å². The van der Waals surface area contributed by atoms with Crippen molar-refractivity contribution < 1.29 is 4.79 Å². The molecular formula is C19H18Cl2N6O. The van der Waals surface area contributed by atoms with Gasteiger partial charge >= 0.3 is 0 Å². The van der Waals surface area contributed by atoms with Crippen LogP contribution in [0.3, 0.4) is 0 Å². The number of hydrazine groups is 1. The Hall–Kier alpha value is -3.03. The van der Waals surface area contributed by atoms with Crippen molar-refractivity contribution >= 4 is 52.1 Å². The Labute approximate surface area is 172 Å². The van der Waals surface area contributed by atoms with Crippen molar-refractivity contribution in [1.82, 2.24) is 15.4 Å². The summed E-state index contributed by atoms with van der Waals surface area (Å²) in [6.07, 6.45) is 1.34. The first-order valence-corrected chi connectivity index (χ1v) is 9.07. The molecule has 0 unspecified atom stereocenters. The van der Waals surface area contributed by atoms with Gasteiger partial charge in [-0.05, 0) is 55.3 Å². The number of benzene rings is 2. The smallest absolute Gasteiger partial charge is 0.271 e. The van der Waals surface area contributed by atoms with E-state index in [-0.39, 0.29) is 22.1 Å². The van der Waals surface area contributed by atoms with E-state index in [1.165, 1.54) is 24.0 Å². The molecule has 28 heavy (non-hydrogen) atoms. The number of rotatable bonds is 5. The van der Waals surface area contributed by atoms with Gasteiger partial charge in [-0.3, -0.25) is 15.6 Å². The second-order valence-corrected chi connectivity index (χ2v) is 6.96. The van der Waals surface area contributed by atoms with Gasteiger partial charge < -0.3 is 11.1 Å². The van der Waals surface area contributed by atoms with Crippen molar-refractivity contribution in [3.63, 3.8) is 0 Å². The predicted molar refractivity (Wildman–Crippen MR) is 113 cm³/mol. The zero-order chi connectivity index (χ0) is 20.3. The summed E-state index contributed by atoms with van der Waals surface area (Å²) in [5.41, 5.74) is 15.0. The molecule has 0 atom stereocenters. The van der Waals surface area contributed by atoms with E-state index in [0.717, 1.165) is 11.3 Å². The lowest BCUT2D eigenvalue weighted by Crippen LogP contribution is -2.30. The Balaban J connectivity index is 1.73. The van der Waals surface area contributed by atoms with Crippen LogP contribution in [-0.4, -0.2) is 15.9 Å². The maximum Gasteiger partial charge on any atom is 0.271 e. The van der Waals surface area contributed by atoms with Gasteiger partial charge in [0.1, 0.15) is 12.0 Å². The van der Waals surface area contributed by atoms with Crippen LogP contribution in [0.4, 0.5) is 23.0 Å². The van der Waals surface area contributed by atoms with E-state index in [0.29, 0.717) is 10.8 Å². The number of amides is 1. The van der Waals surface area contributed by atoms with E-state index in [1.807, 2.05) is 32.0 Å². The minimum atomic E-state index is -0.455. The predicted octanol–water partition coefficient (Wildman–Crippen LogP) is 4.48. The fourth-order valence-electron chi connectivity index (χ4n) is 2.41. The molecule has 3 aromatic rings. The number of carbonyl (C=O) groups excluding carboxylic acids is 1. The van der Waals surface area contributed by atoms with Crippen LogP contribution in [0, 0.1) is 13.8 Å². The zero-order valence-corrected chi connectivity index (χ0v) is 16.7. The summed E-state index contributed by atoms with van der Waals surface area (Å²) < 4.78 is 0. The number of nitrogens with one attached hydrogen (secondary N) is 3. The Bertz CT molecular complexity index is 1040. The second kappa shape index (κ2) is 8.33. The molecule has 0 bridgehead atoms. The topological polar surface area (TPSA) is 105 Å². The normalized spacial score (nSPS) is 10.4. The molecule has 0 saturated carbocycles. The van der Waals surface area contributed by atoms with Crippen LogP contribution in [0.25, 0.3) is 0 Å². The molecule has 144 valence electrons. The first-order valence-electron chi connectivity index (χ1n) is 8.31. The van der Waals surface area contributed by atoms with Crippen molar-refractivity contribution in [1.29, 1.82) is 0 Å². The van der Waals surface area contributed by atoms with E-state index in [1.54, 1.807) is 6.07 Å². The molecule has 0 aliphatic rings. The first kappa shape index (κ1) is 19.7. The highest BCUT2D eigenvalue weighted by atomic mass is 35.5. The number of aromatic nitrogens is 2. The summed E-state index contributed by atoms with van der Waals surface area (Å²) in [5, 5.41) is 3.83. The molecule has 5 N–H and O–H groups in total. The zero-order valence-electron chi connectivity index (χ0n) is 15.2. The van der Waals surface area contributed by atoms with E-state index in [4.69, 9.17) is 28.9 Å². The molecule has 0 spiro atoms. The summed E-state index contributed by atoms with van der Waals surface area (Å²) >= 11 is 11.9. The van der Waals surface area contributed by atoms with Crippen molar-refractivity contribution in [2.24, 2.45) is 0 Å². The van der Waals surface area contributed by atoms with Crippen LogP contribution in [-0.2, 0) is 0 Å². The van der Waals surface area contributed by atoms with Gasteiger partial charge in [-0.15, -0.1) is 0 Å². The Morgan fingerprint density at radius 1 is 1.00 bits per heavy atom. The second-order valence-electron chi connectivity index (χ2n) is 6.11. The van der Waals surface area contributed by atoms with Gasteiger partial charge in [0, 0.05) is 10.7 Å². The van der Waals surface area contributed by atoms with Crippen LogP contribution >= 0.6 is 23.2 Å². The van der Waals surface area contributed by atoms with Gasteiger partial charge in [0.25, 0.3) is 5.91 Å². The van der Waals surface area contributed by atoms with Gasteiger partial charge in [-0.25, -0.2) is 9.97 Å². The Morgan fingerprint density at radius 2 is 1.75 bits per heavy atom. The number of hydrogen-bond acceptors (Lipinski definition) is 6. The molecule has 9 heteroatoms. The highest BCUT2D eigenvalue weighted by molar-refractivity contribution is 6.36. The van der Waals surface area contributed by atoms with Crippen LogP contribution < -0.4 is 21.9 Å². The van der Waals surface area contributed by atoms with Crippen molar-refractivity contribution in [2.75, 3.05) is 16.5 Å². The number of halogens is 2. The average molecular weight is 417 g/mol. The van der Waals surface area contributed by atoms with E-state index >= 15 is 0 Å². The van der Waals surface area contributed by atoms with Crippen molar-refractivity contribution in [3.8, 4) is 0 Å². The number of nitrogens with zero attached hydrogens (tertiary/aromatic N) is 2. The average Bonchev–Trinajstić information content (AvgIpc) is 2.65. The number of carbonyl (C=O) groups is 1. The summed E-state index contributed by atoms with van der Waals surface area (Å²) in [6.45, 7) is 4.06. The summed E-state index contributed by atoms with van der Waals surface area (Å²) in [4.78, 5) is 20.5. The van der Waals surface area contributed by atoms with Crippen molar-refractivity contribution in [3.05, 3.63) is 69.5 Å². The summed E-state index contributed by atoms with van der Waals surface area (Å²) in [5.74, 6) is 0.211. The van der Waals surface area contributed by atoms with Crippen LogP contribution in [0.1, 0.15) is 21.5 Å². The monoisotopic (exact) mass is 416 g/mol. The number of nitrogens with two attached hydrogens (primary N) is 1. The van der Waals surface area contributed by atoms with Gasteiger partial charge in [-0.1, -0.05) is 29.3 Å². The summed E-state index contributed by atoms with van der Waals surface area (Å²) in [7, 11) is 0. The lowest BCUT2D eigenvalue weighted by atomic mass is 10.1. The third-order valence-corrected chi connectivity index (χ3v) is 4.67. The van der Waals surface area contributed by atoms with Gasteiger partial charge in [-0.2, -0.15) is 0 Å². The number of nitrogen functional groups attached to an aromatic ring is 1. The molecule has 3 rings (SSSR count). The third kappa shape index (κ3) is 4.44. The quantitative estimate of drug-likeness (QED) is 0.456. The molecule has 0 radical (unpaired) electrons. The molecule has 1 heterocycles. The fourth-order valence-corrected chi connectivity index (χ4v) is 2.90. The number of anilines is 4. The molecule has 0 aliphatic carbocycles. The largest absolute Gasteiger partial charge is 0.393 e. The lowest BCUT2D eigenvalue weighted by molar-refractivity contribution is 0.0962. The van der Waals surface area contributed by atoms with E-state index in [2.05, 4.69) is 26.1 Å². The highest BCUT2D eigenvalue weighted by Crippen LogP contribution is 2.26. The molecular weight excluding hydrogens is 399 g/mol. The maximum atomic E-state index is 12.3. The van der Waals surface area contributed by atoms with E-state index in [9.17, 15) is 4.79 Å². The molecule has 2 aromatic carbocycles. The van der Waals surface area contributed by atoms with E-state index < -0.39 is 5.91 Å². The maximum absolute atomic E-state index is 12.3. The lowest BCUT2D eigenvalue weighted by Gasteiger charge is -2.14. The first-order chi connectivity index (χ1) is 13.3. The SMILES string of the molecule is Cc1ccc(Nc2ncnc(NNC(=O)c3ccc(Cl)cc3Cl)c2N)cc1C. The van der Waals surface area contributed by atoms with Gasteiger partial charge in [0.15, 0.2) is 11.6 Å². The summed E-state index contributed by atoms with van der Waals surface area (Å²) in [6, 6.07) is 10.5. The number of aryl methyl sites for hydroxylation is 2. The molecule has 1 aromatic heterocycles. The van der Waals surface area contributed by atoms with Gasteiger partial charge in [0.2, 0.25) is 0 Å². The highest BCUT2D eigenvalue weighted by Gasteiger charge is 2.13. The minimum absolute atomic E-state index is 0.236. The van der Waals surface area contributed by atoms with Crippen LogP contribution in [0.2, 0.25) is 10.0 Å². The molecule has 0 saturated heterocycles. The molecule has 0 aliphatic heterocycles. The van der Waals surface area contributed by atoms with Crippen molar-refractivity contribution in [2.45, 2.75) is 13.8 Å². The Kier molecular flexibility index (Phi) is 5.87. The van der Waals surface area contributed by atoms with Crippen LogP contribution in [0.5, 0.6) is 0 Å². The number of hydrogen-bond donors (Lipinski definition) is 4. The standard InChI is InChI=1S/C19H18Cl2N6O/c1-10-3-5-13(7-11(10)2)25-17-16(22)18(24-9-23-17)26-27-19(28)14-6-4-12(20)8-15(14)21/h3-9H,22H2,1-2H3,(H,27,28)(H2,23,24,25,26). The molecule has 7 nitrogen and oxygen atoms in total. The fraction of sp³-hybridized carbons (Fsp3) is 0.105. The molecule has 1 amide bonds. The minimum Gasteiger partial charge on any atom is -0.393 e. The van der Waals surface area contributed by atoms with Gasteiger partial charge in [0.05, 0.1) is 10.6 Å².